The van der Waals surface area contributed by atoms with Crippen molar-refractivity contribution in [3.8, 4) is 11.1 Å². The highest BCUT2D eigenvalue weighted by molar-refractivity contribution is 5.84. The number of aromatic nitrogens is 1. The first-order valence-corrected chi connectivity index (χ1v) is 13.1. The maximum atomic E-state index is 15.6. The minimum atomic E-state index is -1.59. The quantitative estimate of drug-likeness (QED) is 0.272. The molecule has 4 aromatic rings. The predicted octanol–water partition coefficient (Wildman–Crippen LogP) is 7.28. The van der Waals surface area contributed by atoms with Gasteiger partial charge in [0.15, 0.2) is 0 Å². The average molecular weight is 533 g/mol. The predicted molar refractivity (Wildman–Crippen MR) is 146 cm³/mol. The first kappa shape index (κ1) is 26.9. The Kier molecular flexibility index (Phi) is 7.21. The first-order chi connectivity index (χ1) is 18.5. The van der Waals surface area contributed by atoms with Crippen LogP contribution in [0.1, 0.15) is 55.5 Å². The Labute approximate surface area is 226 Å². The van der Waals surface area contributed by atoms with E-state index in [2.05, 4.69) is 17.1 Å². The lowest BCUT2D eigenvalue weighted by atomic mass is 9.82. The van der Waals surface area contributed by atoms with Crippen molar-refractivity contribution in [2.45, 2.75) is 57.8 Å². The summed E-state index contributed by atoms with van der Waals surface area (Å²) in [6.07, 6.45) is 2.15. The van der Waals surface area contributed by atoms with E-state index in [9.17, 15) is 9.18 Å². The fraction of sp³-hybridized carbons (Fsp3) is 0.312. The van der Waals surface area contributed by atoms with E-state index < -0.39 is 29.3 Å². The van der Waals surface area contributed by atoms with E-state index in [-0.39, 0.29) is 36.6 Å². The Hall–Kier alpha value is -3.71. The second-order valence-corrected chi connectivity index (χ2v) is 11.0. The SMILES string of the molecule is C[C@H]1Cc2cc(-c3ccc4ncccc4c3)ccc2[C@H](c2c(F)cc(CCC(=O)O)cc2F)N1CC(C)(C)F. The summed E-state index contributed by atoms with van der Waals surface area (Å²) in [5, 5.41) is 9.99. The normalized spacial score (nSPS) is 17.8. The zero-order valence-corrected chi connectivity index (χ0v) is 22.2. The molecule has 1 aromatic heterocycles. The van der Waals surface area contributed by atoms with Gasteiger partial charge in [0.1, 0.15) is 17.3 Å². The van der Waals surface area contributed by atoms with E-state index in [4.69, 9.17) is 5.11 Å². The van der Waals surface area contributed by atoms with Crippen LogP contribution in [0.2, 0.25) is 0 Å². The summed E-state index contributed by atoms with van der Waals surface area (Å²) < 4.78 is 46.2. The Bertz CT molecular complexity index is 1520. The van der Waals surface area contributed by atoms with Crippen molar-refractivity contribution < 1.29 is 23.1 Å². The molecule has 4 nitrogen and oxygen atoms in total. The molecule has 3 aromatic carbocycles. The summed E-state index contributed by atoms with van der Waals surface area (Å²) in [5.41, 5.74) is 3.13. The van der Waals surface area contributed by atoms with Gasteiger partial charge < -0.3 is 5.11 Å². The lowest BCUT2D eigenvalue weighted by molar-refractivity contribution is -0.136. The molecular formula is C32H31F3N2O2. The van der Waals surface area contributed by atoms with Crippen LogP contribution in [0, 0.1) is 11.6 Å². The van der Waals surface area contributed by atoms with Crippen molar-refractivity contribution in [1.82, 2.24) is 9.88 Å². The lowest BCUT2D eigenvalue weighted by Gasteiger charge is -2.44. The van der Waals surface area contributed by atoms with Gasteiger partial charge in [0, 0.05) is 36.2 Å². The summed E-state index contributed by atoms with van der Waals surface area (Å²) in [6.45, 7) is 4.88. The summed E-state index contributed by atoms with van der Waals surface area (Å²) >= 11 is 0. The van der Waals surface area contributed by atoms with Crippen molar-refractivity contribution in [1.29, 1.82) is 0 Å². The summed E-state index contributed by atoms with van der Waals surface area (Å²) in [7, 11) is 0. The zero-order valence-electron chi connectivity index (χ0n) is 22.2. The summed E-state index contributed by atoms with van der Waals surface area (Å²) in [5.74, 6) is -2.55. The fourth-order valence-corrected chi connectivity index (χ4v) is 5.65. The molecule has 5 rings (SSSR count). The van der Waals surface area contributed by atoms with Crippen LogP contribution in [0.15, 0.2) is 66.9 Å². The Morgan fingerprint density at radius 3 is 2.44 bits per heavy atom. The van der Waals surface area contributed by atoms with Gasteiger partial charge in [-0.15, -0.1) is 0 Å². The van der Waals surface area contributed by atoms with Crippen LogP contribution in [-0.4, -0.2) is 39.2 Å². The molecule has 1 N–H and O–H groups in total. The van der Waals surface area contributed by atoms with Gasteiger partial charge in [-0.3, -0.25) is 14.7 Å². The van der Waals surface area contributed by atoms with E-state index >= 15 is 8.78 Å². The molecule has 0 saturated carbocycles. The minimum Gasteiger partial charge on any atom is -0.481 e. The number of carboxylic acid groups (broad SMARTS) is 1. The molecule has 0 fully saturated rings. The summed E-state index contributed by atoms with van der Waals surface area (Å²) in [6, 6.07) is 17.2. The topological polar surface area (TPSA) is 53.4 Å². The number of hydrogen-bond donors (Lipinski definition) is 1. The van der Waals surface area contributed by atoms with Crippen LogP contribution in [0.5, 0.6) is 0 Å². The van der Waals surface area contributed by atoms with Crippen molar-refractivity contribution >= 4 is 16.9 Å². The van der Waals surface area contributed by atoms with E-state index in [0.29, 0.717) is 6.42 Å². The Morgan fingerprint density at radius 2 is 1.74 bits per heavy atom. The molecule has 202 valence electrons. The highest BCUT2D eigenvalue weighted by atomic mass is 19.1. The van der Waals surface area contributed by atoms with Crippen LogP contribution in [0.25, 0.3) is 22.0 Å². The van der Waals surface area contributed by atoms with Gasteiger partial charge in [0.25, 0.3) is 0 Å². The molecule has 2 heterocycles. The Balaban J connectivity index is 1.61. The van der Waals surface area contributed by atoms with Crippen molar-refractivity contribution in [2.75, 3.05) is 6.54 Å². The molecule has 0 bridgehead atoms. The monoisotopic (exact) mass is 532 g/mol. The standard InChI is InChI=1S/C32H31F3N2O2/c1-19-13-24-17-21(22-8-10-28-23(16-22)5-4-12-36-28)7-9-25(24)31(37(19)18-32(2,3)35)30-26(33)14-20(15-27(30)34)6-11-29(38)39/h4-5,7-10,12,14-17,19,31H,6,11,13,18H2,1-3H3,(H,38,39)/t19-,31+/m0/s1. The average Bonchev–Trinajstić information content (AvgIpc) is 2.87. The second kappa shape index (κ2) is 10.5. The molecule has 2 atom stereocenters. The van der Waals surface area contributed by atoms with Crippen molar-refractivity contribution in [3.63, 3.8) is 0 Å². The van der Waals surface area contributed by atoms with Crippen molar-refractivity contribution in [2.24, 2.45) is 0 Å². The third-order valence-corrected chi connectivity index (χ3v) is 7.39. The van der Waals surface area contributed by atoms with Crippen LogP contribution in [0.4, 0.5) is 13.2 Å². The Morgan fingerprint density at radius 1 is 1.05 bits per heavy atom. The van der Waals surface area contributed by atoms with Gasteiger partial charge in [0.05, 0.1) is 11.6 Å². The number of halogens is 3. The second-order valence-electron chi connectivity index (χ2n) is 11.0. The molecule has 0 amide bonds. The highest BCUT2D eigenvalue weighted by Crippen LogP contribution is 2.42. The van der Waals surface area contributed by atoms with Crippen LogP contribution in [0.3, 0.4) is 0 Å². The van der Waals surface area contributed by atoms with Gasteiger partial charge >= 0.3 is 5.97 Å². The van der Waals surface area contributed by atoms with Crippen LogP contribution < -0.4 is 0 Å². The number of hydrogen-bond acceptors (Lipinski definition) is 3. The number of rotatable bonds is 7. The van der Waals surface area contributed by atoms with Gasteiger partial charge in [0.2, 0.25) is 0 Å². The minimum absolute atomic E-state index is 0.00263. The number of carboxylic acids is 1. The van der Waals surface area contributed by atoms with Crippen LogP contribution in [-0.2, 0) is 17.6 Å². The van der Waals surface area contributed by atoms with Crippen LogP contribution >= 0.6 is 0 Å². The largest absolute Gasteiger partial charge is 0.481 e. The molecule has 1 aliphatic heterocycles. The zero-order chi connectivity index (χ0) is 27.9. The number of benzene rings is 3. The maximum Gasteiger partial charge on any atom is 0.303 e. The number of aliphatic carboxylic acids is 1. The van der Waals surface area contributed by atoms with Gasteiger partial charge in [-0.1, -0.05) is 30.3 Å². The van der Waals surface area contributed by atoms with E-state index in [1.165, 1.54) is 26.0 Å². The number of aryl methyl sites for hydroxylation is 1. The molecule has 0 spiro atoms. The smallest absolute Gasteiger partial charge is 0.303 e. The molecular weight excluding hydrogens is 501 g/mol. The number of fused-ring (bicyclic) bond motifs is 2. The van der Waals surface area contributed by atoms with E-state index in [1.54, 1.807) is 6.20 Å². The van der Waals surface area contributed by atoms with Gasteiger partial charge in [-0.05, 0) is 91.8 Å². The first-order valence-electron chi connectivity index (χ1n) is 13.1. The molecule has 0 radical (unpaired) electrons. The molecule has 0 unspecified atom stereocenters. The third-order valence-electron chi connectivity index (χ3n) is 7.39. The molecule has 0 aliphatic carbocycles. The van der Waals surface area contributed by atoms with E-state index in [0.717, 1.165) is 33.2 Å². The molecule has 39 heavy (non-hydrogen) atoms. The number of nitrogens with zero attached hydrogens (tertiary/aromatic N) is 2. The maximum absolute atomic E-state index is 15.6. The number of carbonyl (C=O) groups is 1. The summed E-state index contributed by atoms with van der Waals surface area (Å²) in [4.78, 5) is 17.2. The highest BCUT2D eigenvalue weighted by Gasteiger charge is 2.39. The van der Waals surface area contributed by atoms with Gasteiger partial charge in [-0.2, -0.15) is 0 Å². The number of alkyl halides is 1. The lowest BCUT2D eigenvalue weighted by Crippen LogP contribution is -2.48. The fourth-order valence-electron chi connectivity index (χ4n) is 5.65. The van der Waals surface area contributed by atoms with Gasteiger partial charge in [-0.25, -0.2) is 13.2 Å². The molecule has 7 heteroatoms. The molecule has 1 aliphatic rings. The third kappa shape index (κ3) is 5.69. The van der Waals surface area contributed by atoms with Crippen molar-refractivity contribution in [3.05, 3.63) is 101 Å². The molecule has 0 saturated heterocycles. The number of pyridine rings is 1. The van der Waals surface area contributed by atoms with E-state index in [1.807, 2.05) is 48.2 Å².